The van der Waals surface area contributed by atoms with Gasteiger partial charge in [0.1, 0.15) is 6.61 Å². The second kappa shape index (κ2) is 9.98. The van der Waals surface area contributed by atoms with Crippen LogP contribution < -0.4 is 4.74 Å². The van der Waals surface area contributed by atoms with Crippen LogP contribution in [0.2, 0.25) is 0 Å². The molecular formula is C28H37FO. The first-order chi connectivity index (χ1) is 14.7. The maximum absolute atomic E-state index is 14.5. The maximum Gasteiger partial charge on any atom is 0.165 e. The number of fused-ring (bicyclic) bond motifs is 2. The first-order valence-corrected chi connectivity index (χ1v) is 12.1. The molecule has 2 unspecified atom stereocenters. The van der Waals surface area contributed by atoms with Gasteiger partial charge in [0, 0.05) is 0 Å². The monoisotopic (exact) mass is 408 g/mol. The zero-order valence-electron chi connectivity index (χ0n) is 18.7. The van der Waals surface area contributed by atoms with Crippen LogP contribution in [0.5, 0.6) is 5.75 Å². The molecule has 1 nitrogen and oxygen atoms in total. The lowest BCUT2D eigenvalue weighted by atomic mass is 9.63. The van der Waals surface area contributed by atoms with Crippen molar-refractivity contribution in [2.45, 2.75) is 77.6 Å². The van der Waals surface area contributed by atoms with E-state index in [9.17, 15) is 4.39 Å². The molecule has 4 rings (SSSR count). The van der Waals surface area contributed by atoms with Crippen molar-refractivity contribution in [3.63, 3.8) is 0 Å². The molecule has 0 aromatic heterocycles. The van der Waals surface area contributed by atoms with Crippen molar-refractivity contribution in [1.82, 2.24) is 0 Å². The quantitative estimate of drug-likeness (QED) is 0.418. The van der Waals surface area contributed by atoms with E-state index in [1.807, 2.05) is 25.1 Å². The highest BCUT2D eigenvalue weighted by Crippen LogP contribution is 2.48. The molecule has 162 valence electrons. The Kier molecular flexibility index (Phi) is 7.12. The molecule has 2 aromatic carbocycles. The fourth-order valence-corrected chi connectivity index (χ4v) is 5.91. The number of halogens is 1. The Morgan fingerprint density at radius 2 is 1.83 bits per heavy atom. The maximum atomic E-state index is 14.5. The van der Waals surface area contributed by atoms with Gasteiger partial charge < -0.3 is 4.74 Å². The van der Waals surface area contributed by atoms with Crippen molar-refractivity contribution in [2.75, 3.05) is 6.61 Å². The molecule has 2 saturated carbocycles. The molecule has 2 fully saturated rings. The van der Waals surface area contributed by atoms with Crippen LogP contribution >= 0.6 is 0 Å². The second-order valence-corrected chi connectivity index (χ2v) is 9.62. The van der Waals surface area contributed by atoms with Crippen LogP contribution in [0.3, 0.4) is 0 Å². The summed E-state index contributed by atoms with van der Waals surface area (Å²) in [7, 11) is 0. The number of unbranched alkanes of at least 4 members (excludes halogenated alkanes) is 1. The highest BCUT2D eigenvalue weighted by molar-refractivity contribution is 5.84. The fourth-order valence-electron chi connectivity index (χ4n) is 5.91. The molecule has 0 aliphatic heterocycles. The number of rotatable bonds is 7. The van der Waals surface area contributed by atoms with Gasteiger partial charge in [0.05, 0.1) is 0 Å². The SMILES string of the molecule is C/C=C/COc1cc2ccc([C@@H]3CC[C@@H]4CC(CCCC)CCC4C3)cc2cc1F. The summed E-state index contributed by atoms with van der Waals surface area (Å²) < 4.78 is 20.1. The molecule has 0 amide bonds. The first kappa shape index (κ1) is 21.4. The van der Waals surface area contributed by atoms with Crippen LogP contribution in [-0.2, 0) is 0 Å². The normalized spacial score (nSPS) is 26.8. The van der Waals surface area contributed by atoms with E-state index in [4.69, 9.17) is 4.74 Å². The molecule has 30 heavy (non-hydrogen) atoms. The molecule has 0 saturated heterocycles. The van der Waals surface area contributed by atoms with E-state index in [-0.39, 0.29) is 5.82 Å². The number of benzene rings is 2. The van der Waals surface area contributed by atoms with E-state index in [1.165, 1.54) is 63.4 Å². The number of hydrogen-bond acceptors (Lipinski definition) is 1. The molecule has 2 aliphatic carbocycles. The zero-order chi connectivity index (χ0) is 20.9. The molecule has 2 aliphatic rings. The van der Waals surface area contributed by atoms with E-state index < -0.39 is 0 Å². The lowest BCUT2D eigenvalue weighted by Crippen LogP contribution is -2.30. The Morgan fingerprint density at radius 3 is 2.67 bits per heavy atom. The highest BCUT2D eigenvalue weighted by atomic mass is 19.1. The minimum atomic E-state index is -0.265. The van der Waals surface area contributed by atoms with E-state index in [0.29, 0.717) is 18.3 Å². The average molecular weight is 409 g/mol. The van der Waals surface area contributed by atoms with E-state index >= 15 is 0 Å². The Labute approximate surface area is 181 Å². The van der Waals surface area contributed by atoms with Gasteiger partial charge >= 0.3 is 0 Å². The smallest absolute Gasteiger partial charge is 0.165 e. The van der Waals surface area contributed by atoms with Crippen molar-refractivity contribution < 1.29 is 9.13 Å². The number of hydrogen-bond donors (Lipinski definition) is 0. The third-order valence-electron chi connectivity index (χ3n) is 7.64. The van der Waals surface area contributed by atoms with Gasteiger partial charge in [-0.25, -0.2) is 4.39 Å². The minimum Gasteiger partial charge on any atom is -0.486 e. The van der Waals surface area contributed by atoms with Gasteiger partial charge in [-0.05, 0) is 91.2 Å². The van der Waals surface area contributed by atoms with Crippen molar-refractivity contribution in [3.05, 3.63) is 53.9 Å². The lowest BCUT2D eigenvalue weighted by molar-refractivity contribution is 0.113. The van der Waals surface area contributed by atoms with Crippen LogP contribution in [0, 0.1) is 23.6 Å². The van der Waals surface area contributed by atoms with Crippen molar-refractivity contribution in [2.24, 2.45) is 17.8 Å². The summed E-state index contributed by atoms with van der Waals surface area (Å²) in [5, 5.41) is 2.05. The second-order valence-electron chi connectivity index (χ2n) is 9.62. The summed E-state index contributed by atoms with van der Waals surface area (Å²) in [4.78, 5) is 0. The summed E-state index contributed by atoms with van der Waals surface area (Å²) in [6.45, 7) is 4.65. The van der Waals surface area contributed by atoms with Gasteiger partial charge in [-0.3, -0.25) is 0 Å². The predicted octanol–water partition coefficient (Wildman–Crippen LogP) is 8.42. The molecule has 0 spiro atoms. The first-order valence-electron chi connectivity index (χ1n) is 12.1. The summed E-state index contributed by atoms with van der Waals surface area (Å²) in [6.07, 6.45) is 16.3. The summed E-state index contributed by atoms with van der Waals surface area (Å²) in [5.74, 6) is 3.54. The van der Waals surface area contributed by atoms with Crippen molar-refractivity contribution in [3.8, 4) is 5.75 Å². The molecule has 0 radical (unpaired) electrons. The van der Waals surface area contributed by atoms with E-state index in [1.54, 1.807) is 6.07 Å². The van der Waals surface area contributed by atoms with E-state index in [2.05, 4.69) is 25.1 Å². The lowest BCUT2D eigenvalue weighted by Gasteiger charge is -2.42. The topological polar surface area (TPSA) is 9.23 Å². The molecule has 0 bridgehead atoms. The van der Waals surface area contributed by atoms with Gasteiger partial charge in [0.2, 0.25) is 0 Å². The summed E-state index contributed by atoms with van der Waals surface area (Å²) >= 11 is 0. The molecule has 4 atom stereocenters. The molecule has 2 heteroatoms. The Hall–Kier alpha value is -1.83. The highest BCUT2D eigenvalue weighted by Gasteiger charge is 2.35. The van der Waals surface area contributed by atoms with Crippen LogP contribution in [-0.4, -0.2) is 6.61 Å². The van der Waals surface area contributed by atoms with Crippen LogP contribution in [0.25, 0.3) is 10.8 Å². The Morgan fingerprint density at radius 1 is 1.00 bits per heavy atom. The average Bonchev–Trinajstić information content (AvgIpc) is 2.77. The van der Waals surface area contributed by atoms with Crippen LogP contribution in [0.15, 0.2) is 42.5 Å². The van der Waals surface area contributed by atoms with Gasteiger partial charge in [-0.1, -0.05) is 63.0 Å². The third kappa shape index (κ3) is 4.90. The van der Waals surface area contributed by atoms with Crippen LogP contribution in [0.1, 0.15) is 83.1 Å². The van der Waals surface area contributed by atoms with Crippen molar-refractivity contribution >= 4 is 10.8 Å². The number of ether oxygens (including phenoxy) is 1. The molecule has 0 N–H and O–H groups in total. The Bertz CT molecular complexity index is 870. The van der Waals surface area contributed by atoms with E-state index in [0.717, 1.165) is 28.5 Å². The van der Waals surface area contributed by atoms with Crippen molar-refractivity contribution in [1.29, 1.82) is 0 Å². The van der Waals surface area contributed by atoms with Gasteiger partial charge in [0.25, 0.3) is 0 Å². The molecular weight excluding hydrogens is 371 g/mol. The van der Waals surface area contributed by atoms with Gasteiger partial charge in [-0.2, -0.15) is 0 Å². The van der Waals surface area contributed by atoms with Gasteiger partial charge in [-0.15, -0.1) is 0 Å². The fraction of sp³-hybridized carbons (Fsp3) is 0.571. The number of allylic oxidation sites excluding steroid dienone is 1. The summed E-state index contributed by atoms with van der Waals surface area (Å²) in [6, 6.07) is 10.1. The van der Waals surface area contributed by atoms with Gasteiger partial charge in [0.15, 0.2) is 11.6 Å². The molecule has 2 aromatic rings. The third-order valence-corrected chi connectivity index (χ3v) is 7.64. The van der Waals surface area contributed by atoms with Crippen LogP contribution in [0.4, 0.5) is 4.39 Å². The summed E-state index contributed by atoms with van der Waals surface area (Å²) in [5.41, 5.74) is 1.40. The minimum absolute atomic E-state index is 0.265. The largest absolute Gasteiger partial charge is 0.486 e. The Balaban J connectivity index is 1.43. The standard InChI is InChI=1S/C28H37FO/c1-3-5-7-20-8-9-22-16-23(11-10-21(22)15-20)24-12-13-25-19-28(30-14-6-4-2)27(29)18-26(25)17-24/h4,6,12-13,17-23H,3,5,7-11,14-16H2,1-2H3/b6-4+/t20?,21-,22?,23-/m1/s1. The predicted molar refractivity (Wildman–Crippen MR) is 125 cm³/mol. The zero-order valence-corrected chi connectivity index (χ0v) is 18.7. The molecule has 0 heterocycles.